The Morgan fingerprint density at radius 1 is 1.12 bits per heavy atom. The van der Waals surface area contributed by atoms with Gasteiger partial charge in [0.15, 0.2) is 0 Å². The Labute approximate surface area is 105 Å². The molecular formula is C15H24O2. The van der Waals surface area contributed by atoms with Crippen LogP contribution < -0.4 is 0 Å². The van der Waals surface area contributed by atoms with E-state index in [1.807, 2.05) is 18.2 Å². The van der Waals surface area contributed by atoms with Crippen LogP contribution in [0, 0.1) is 6.92 Å². The van der Waals surface area contributed by atoms with Crippen LogP contribution in [0.1, 0.15) is 44.6 Å². The molecule has 1 rings (SSSR count). The number of unbranched alkanes of at least 4 members (excludes halogenated alkanes) is 3. The van der Waals surface area contributed by atoms with Crippen LogP contribution in [0.25, 0.3) is 0 Å². The van der Waals surface area contributed by atoms with Gasteiger partial charge in [-0.25, -0.2) is 0 Å². The molecule has 0 N–H and O–H groups in total. The van der Waals surface area contributed by atoms with Gasteiger partial charge in [-0.15, -0.1) is 0 Å². The summed E-state index contributed by atoms with van der Waals surface area (Å²) in [6.07, 6.45) is 5.13. The van der Waals surface area contributed by atoms with Gasteiger partial charge in [-0.05, 0) is 13.3 Å². The van der Waals surface area contributed by atoms with Gasteiger partial charge < -0.3 is 4.74 Å². The van der Waals surface area contributed by atoms with Crippen molar-refractivity contribution in [3.8, 4) is 0 Å². The lowest BCUT2D eigenvalue weighted by molar-refractivity contribution is -0.140. The highest BCUT2D eigenvalue weighted by atomic mass is 16.5. The summed E-state index contributed by atoms with van der Waals surface area (Å²) in [6.45, 7) is 4.23. The minimum absolute atomic E-state index is 0.0869. The lowest BCUT2D eigenvalue weighted by atomic mass is 10.2. The first-order valence-corrected chi connectivity index (χ1v) is 6.29. The van der Waals surface area contributed by atoms with Gasteiger partial charge in [0.1, 0.15) is 0 Å². The van der Waals surface area contributed by atoms with Gasteiger partial charge in [-0.2, -0.15) is 0 Å². The minimum atomic E-state index is -0.0869. The number of esters is 1. The summed E-state index contributed by atoms with van der Waals surface area (Å²) in [5, 5.41) is 0. The third-order valence-electron chi connectivity index (χ3n) is 2.40. The second-order valence-corrected chi connectivity index (χ2v) is 4.04. The quantitative estimate of drug-likeness (QED) is 0.567. The molecule has 0 aromatic heterocycles. The number of carbonyl (C=O) groups is 1. The predicted octanol–water partition coefficient (Wildman–Crippen LogP) is 4.12. The van der Waals surface area contributed by atoms with Crippen molar-refractivity contribution in [1.29, 1.82) is 0 Å². The van der Waals surface area contributed by atoms with Crippen LogP contribution in [0.2, 0.25) is 0 Å². The van der Waals surface area contributed by atoms with Gasteiger partial charge >= 0.3 is 5.97 Å². The van der Waals surface area contributed by atoms with Crippen LogP contribution in [0.5, 0.6) is 0 Å². The topological polar surface area (TPSA) is 26.3 Å². The van der Waals surface area contributed by atoms with Crippen molar-refractivity contribution in [2.24, 2.45) is 0 Å². The number of rotatable bonds is 5. The molecule has 0 amide bonds. The molecule has 0 saturated carbocycles. The Bertz CT molecular complexity index is 280. The van der Waals surface area contributed by atoms with E-state index in [4.69, 9.17) is 0 Å². The van der Waals surface area contributed by atoms with Crippen LogP contribution in [0.15, 0.2) is 30.3 Å². The van der Waals surface area contributed by atoms with Crippen LogP contribution in [0.3, 0.4) is 0 Å². The molecule has 0 saturated heterocycles. The SMILES string of the molecule is CCCCCCC(=O)OC.Cc1ccccc1. The highest BCUT2D eigenvalue weighted by molar-refractivity contribution is 5.68. The zero-order chi connectivity index (χ0) is 12.9. The fraction of sp³-hybridized carbons (Fsp3) is 0.533. The molecule has 17 heavy (non-hydrogen) atoms. The third kappa shape index (κ3) is 11.0. The van der Waals surface area contributed by atoms with E-state index >= 15 is 0 Å². The molecule has 0 aliphatic carbocycles. The van der Waals surface area contributed by atoms with E-state index in [1.54, 1.807) is 0 Å². The third-order valence-corrected chi connectivity index (χ3v) is 2.40. The maximum Gasteiger partial charge on any atom is 0.305 e. The van der Waals surface area contributed by atoms with E-state index in [0.29, 0.717) is 6.42 Å². The molecule has 0 fully saturated rings. The minimum Gasteiger partial charge on any atom is -0.469 e. The van der Waals surface area contributed by atoms with E-state index in [0.717, 1.165) is 12.8 Å². The normalized spacial score (nSPS) is 9.12. The molecule has 2 heteroatoms. The van der Waals surface area contributed by atoms with Crippen molar-refractivity contribution in [2.75, 3.05) is 7.11 Å². The average Bonchev–Trinajstić information content (AvgIpc) is 2.36. The molecule has 0 spiro atoms. The van der Waals surface area contributed by atoms with E-state index in [9.17, 15) is 4.79 Å². The van der Waals surface area contributed by atoms with Crippen molar-refractivity contribution in [1.82, 2.24) is 0 Å². The Hall–Kier alpha value is -1.31. The zero-order valence-electron chi connectivity index (χ0n) is 11.2. The average molecular weight is 236 g/mol. The molecule has 0 aliphatic rings. The number of hydrogen-bond donors (Lipinski definition) is 0. The number of carbonyl (C=O) groups excluding carboxylic acids is 1. The standard InChI is InChI=1S/C8H16O2.C7H8/c1-3-4-5-6-7-8(9)10-2;1-7-5-3-2-4-6-7/h3-7H2,1-2H3;2-6H,1H3. The highest BCUT2D eigenvalue weighted by Crippen LogP contribution is 2.02. The zero-order valence-corrected chi connectivity index (χ0v) is 11.2. The Morgan fingerprint density at radius 3 is 2.18 bits per heavy atom. The molecule has 0 bridgehead atoms. The largest absolute Gasteiger partial charge is 0.469 e. The summed E-state index contributed by atoms with van der Waals surface area (Å²) in [4.78, 5) is 10.6. The first kappa shape index (κ1) is 15.7. The van der Waals surface area contributed by atoms with Gasteiger partial charge in [0.25, 0.3) is 0 Å². The molecule has 1 aromatic carbocycles. The van der Waals surface area contributed by atoms with Crippen LogP contribution >= 0.6 is 0 Å². The lowest BCUT2D eigenvalue weighted by Crippen LogP contribution is -1.98. The number of methoxy groups -OCH3 is 1. The predicted molar refractivity (Wildman–Crippen MR) is 72.0 cm³/mol. The first-order valence-electron chi connectivity index (χ1n) is 6.29. The highest BCUT2D eigenvalue weighted by Gasteiger charge is 1.97. The molecule has 2 nitrogen and oxygen atoms in total. The molecule has 1 aromatic rings. The van der Waals surface area contributed by atoms with Crippen LogP contribution in [-0.2, 0) is 9.53 Å². The van der Waals surface area contributed by atoms with E-state index in [-0.39, 0.29) is 5.97 Å². The van der Waals surface area contributed by atoms with Crippen LogP contribution in [0.4, 0.5) is 0 Å². The maximum absolute atomic E-state index is 10.6. The van der Waals surface area contributed by atoms with Gasteiger partial charge in [-0.3, -0.25) is 4.79 Å². The lowest BCUT2D eigenvalue weighted by Gasteiger charge is -1.97. The fourth-order valence-electron chi connectivity index (χ4n) is 1.33. The maximum atomic E-state index is 10.6. The van der Waals surface area contributed by atoms with Gasteiger partial charge in [0, 0.05) is 6.42 Å². The smallest absolute Gasteiger partial charge is 0.305 e. The summed E-state index contributed by atoms with van der Waals surface area (Å²) < 4.78 is 4.49. The molecule has 96 valence electrons. The summed E-state index contributed by atoms with van der Waals surface area (Å²) >= 11 is 0. The van der Waals surface area contributed by atoms with E-state index in [2.05, 4.69) is 30.7 Å². The molecule has 0 aliphatic heterocycles. The van der Waals surface area contributed by atoms with Gasteiger partial charge in [0.05, 0.1) is 7.11 Å². The first-order chi connectivity index (χ1) is 8.20. The Balaban J connectivity index is 0.000000318. The Morgan fingerprint density at radius 2 is 1.76 bits per heavy atom. The fourth-order valence-corrected chi connectivity index (χ4v) is 1.33. The number of benzene rings is 1. The van der Waals surface area contributed by atoms with Crippen molar-refractivity contribution < 1.29 is 9.53 Å². The molecule has 0 unspecified atom stereocenters. The summed E-state index contributed by atoms with van der Waals surface area (Å²) in [6, 6.07) is 10.3. The van der Waals surface area contributed by atoms with Crippen LogP contribution in [-0.4, -0.2) is 13.1 Å². The van der Waals surface area contributed by atoms with E-state index < -0.39 is 0 Å². The number of hydrogen-bond acceptors (Lipinski definition) is 2. The van der Waals surface area contributed by atoms with Gasteiger partial charge in [-0.1, -0.05) is 62.1 Å². The molecule has 0 heterocycles. The summed E-state index contributed by atoms with van der Waals surface area (Å²) in [5.41, 5.74) is 1.32. The molecule has 0 atom stereocenters. The Kier molecular flexibility index (Phi) is 10.3. The number of ether oxygens (including phenoxy) is 1. The summed E-state index contributed by atoms with van der Waals surface area (Å²) in [7, 11) is 1.43. The van der Waals surface area contributed by atoms with Crippen molar-refractivity contribution >= 4 is 5.97 Å². The van der Waals surface area contributed by atoms with Gasteiger partial charge in [0.2, 0.25) is 0 Å². The molecular weight excluding hydrogens is 212 g/mol. The monoisotopic (exact) mass is 236 g/mol. The second-order valence-electron chi connectivity index (χ2n) is 4.04. The number of aryl methyl sites for hydroxylation is 1. The van der Waals surface area contributed by atoms with E-state index in [1.165, 1.54) is 25.5 Å². The van der Waals surface area contributed by atoms with Crippen molar-refractivity contribution in [3.05, 3.63) is 35.9 Å². The summed E-state index contributed by atoms with van der Waals surface area (Å²) in [5.74, 6) is -0.0869. The second kappa shape index (κ2) is 11.2. The molecule has 0 radical (unpaired) electrons. The van der Waals surface area contributed by atoms with Crippen molar-refractivity contribution in [2.45, 2.75) is 46.0 Å². The van der Waals surface area contributed by atoms with Crippen molar-refractivity contribution in [3.63, 3.8) is 0 Å².